The van der Waals surface area contributed by atoms with Crippen molar-refractivity contribution in [3.63, 3.8) is 0 Å². The van der Waals surface area contributed by atoms with E-state index in [-0.39, 0.29) is 0 Å². The second-order valence-corrected chi connectivity index (χ2v) is 6.05. The predicted molar refractivity (Wildman–Crippen MR) is 81.9 cm³/mol. The van der Waals surface area contributed by atoms with Crippen LogP contribution < -0.4 is 5.32 Å². The number of nitrogens with one attached hydrogen (secondary N) is 1. The number of ether oxygens (including phenoxy) is 1. The Labute approximate surface area is 121 Å². The van der Waals surface area contributed by atoms with Gasteiger partial charge < -0.3 is 10.1 Å². The molecule has 0 saturated heterocycles. The predicted octanol–water partition coefficient (Wildman–Crippen LogP) is 2.51. The second-order valence-electron chi connectivity index (χ2n) is 5.05. The van der Waals surface area contributed by atoms with Gasteiger partial charge in [-0.15, -0.1) is 11.3 Å². The third-order valence-electron chi connectivity index (χ3n) is 3.59. The summed E-state index contributed by atoms with van der Waals surface area (Å²) < 4.78 is 5.33. The van der Waals surface area contributed by atoms with Gasteiger partial charge in [-0.05, 0) is 49.7 Å². The van der Waals surface area contributed by atoms with E-state index in [1.54, 1.807) is 10.4 Å². The van der Waals surface area contributed by atoms with Gasteiger partial charge in [0.25, 0.3) is 0 Å². The molecule has 4 heteroatoms. The van der Waals surface area contributed by atoms with Crippen molar-refractivity contribution in [2.75, 3.05) is 39.4 Å². The molecule has 0 radical (unpaired) electrons. The highest BCUT2D eigenvalue weighted by atomic mass is 32.1. The molecule has 3 nitrogen and oxygen atoms in total. The lowest BCUT2D eigenvalue weighted by atomic mass is 10.1. The van der Waals surface area contributed by atoms with E-state index in [0.29, 0.717) is 0 Å². The van der Waals surface area contributed by atoms with Gasteiger partial charge in [0.1, 0.15) is 0 Å². The second kappa shape index (κ2) is 8.69. The normalized spacial score (nSPS) is 15.6. The quantitative estimate of drug-likeness (QED) is 0.704. The first kappa shape index (κ1) is 15.0. The fourth-order valence-electron chi connectivity index (χ4n) is 2.46. The van der Waals surface area contributed by atoms with E-state index >= 15 is 0 Å². The van der Waals surface area contributed by atoms with Crippen molar-refractivity contribution in [1.29, 1.82) is 0 Å². The lowest BCUT2D eigenvalue weighted by Crippen LogP contribution is -2.35. The molecule has 2 rings (SSSR count). The molecular formula is C15H26N2OS. The summed E-state index contributed by atoms with van der Waals surface area (Å²) in [5.41, 5.74) is 1.55. The molecule has 0 unspecified atom stereocenters. The van der Waals surface area contributed by atoms with E-state index < -0.39 is 0 Å². The van der Waals surface area contributed by atoms with Gasteiger partial charge >= 0.3 is 0 Å². The van der Waals surface area contributed by atoms with E-state index in [1.165, 1.54) is 32.4 Å². The Morgan fingerprint density at radius 2 is 2.32 bits per heavy atom. The van der Waals surface area contributed by atoms with E-state index in [9.17, 15) is 0 Å². The Hall–Kier alpha value is -0.420. The topological polar surface area (TPSA) is 24.5 Å². The van der Waals surface area contributed by atoms with Crippen molar-refractivity contribution in [3.8, 4) is 0 Å². The first-order chi connectivity index (χ1) is 9.40. The van der Waals surface area contributed by atoms with Crippen LogP contribution in [0.15, 0.2) is 11.4 Å². The SMILES string of the molecule is CCOCCCCNCCN1CCc2sccc2C1. The average Bonchev–Trinajstić information content (AvgIpc) is 2.89. The van der Waals surface area contributed by atoms with Crippen molar-refractivity contribution in [1.82, 2.24) is 10.2 Å². The van der Waals surface area contributed by atoms with Crippen LogP contribution in [0.4, 0.5) is 0 Å². The van der Waals surface area contributed by atoms with Gasteiger partial charge in [-0.3, -0.25) is 4.90 Å². The van der Waals surface area contributed by atoms with Crippen molar-refractivity contribution in [3.05, 3.63) is 21.9 Å². The van der Waals surface area contributed by atoms with Crippen LogP contribution >= 0.6 is 11.3 Å². The molecule has 1 aliphatic rings. The van der Waals surface area contributed by atoms with E-state index in [1.807, 2.05) is 11.3 Å². The average molecular weight is 282 g/mol. The van der Waals surface area contributed by atoms with Gasteiger partial charge in [-0.2, -0.15) is 0 Å². The maximum Gasteiger partial charge on any atom is 0.0466 e. The molecule has 0 atom stereocenters. The molecular weight excluding hydrogens is 256 g/mol. The zero-order chi connectivity index (χ0) is 13.3. The van der Waals surface area contributed by atoms with Crippen molar-refractivity contribution in [2.24, 2.45) is 0 Å². The Bertz CT molecular complexity index is 354. The summed E-state index contributed by atoms with van der Waals surface area (Å²) in [6.45, 7) is 9.55. The molecule has 108 valence electrons. The summed E-state index contributed by atoms with van der Waals surface area (Å²) >= 11 is 1.91. The van der Waals surface area contributed by atoms with E-state index in [4.69, 9.17) is 4.74 Å². The van der Waals surface area contributed by atoms with Gasteiger partial charge in [0.05, 0.1) is 0 Å². The highest BCUT2D eigenvalue weighted by Crippen LogP contribution is 2.23. The fourth-order valence-corrected chi connectivity index (χ4v) is 3.35. The summed E-state index contributed by atoms with van der Waals surface area (Å²) in [4.78, 5) is 4.16. The molecule has 0 bridgehead atoms. The van der Waals surface area contributed by atoms with Crippen molar-refractivity contribution < 1.29 is 4.74 Å². The van der Waals surface area contributed by atoms with Crippen LogP contribution in [0.5, 0.6) is 0 Å². The van der Waals surface area contributed by atoms with Crippen molar-refractivity contribution >= 4 is 11.3 Å². The van der Waals surface area contributed by atoms with Crippen LogP contribution in [0.25, 0.3) is 0 Å². The zero-order valence-corrected chi connectivity index (χ0v) is 12.8. The molecule has 0 amide bonds. The fraction of sp³-hybridized carbons (Fsp3) is 0.733. The number of thiophene rings is 1. The standard InChI is InChI=1S/C15H26N2OS/c1-2-18-11-4-3-7-16-8-10-17-9-5-15-14(13-17)6-12-19-15/h6,12,16H,2-5,7-11,13H2,1H3. The Morgan fingerprint density at radius 3 is 3.21 bits per heavy atom. The van der Waals surface area contributed by atoms with Crippen LogP contribution in [0, 0.1) is 0 Å². The van der Waals surface area contributed by atoms with Gasteiger partial charge in [-0.25, -0.2) is 0 Å². The third kappa shape index (κ3) is 5.22. The van der Waals surface area contributed by atoms with E-state index in [0.717, 1.165) is 32.8 Å². The van der Waals surface area contributed by atoms with Crippen LogP contribution in [-0.4, -0.2) is 44.3 Å². The number of unbranched alkanes of at least 4 members (excludes halogenated alkanes) is 1. The van der Waals surface area contributed by atoms with Crippen LogP contribution in [-0.2, 0) is 17.7 Å². The molecule has 0 aliphatic carbocycles. The molecule has 0 spiro atoms. The Morgan fingerprint density at radius 1 is 1.37 bits per heavy atom. The molecule has 1 aromatic heterocycles. The maximum atomic E-state index is 5.33. The minimum atomic E-state index is 0.840. The molecule has 1 aliphatic heterocycles. The smallest absolute Gasteiger partial charge is 0.0466 e. The molecule has 1 aromatic rings. The lowest BCUT2D eigenvalue weighted by Gasteiger charge is -2.26. The number of fused-ring (bicyclic) bond motifs is 1. The summed E-state index contributed by atoms with van der Waals surface area (Å²) in [6, 6.07) is 2.29. The Kier molecular flexibility index (Phi) is 6.85. The monoisotopic (exact) mass is 282 g/mol. The molecule has 19 heavy (non-hydrogen) atoms. The van der Waals surface area contributed by atoms with Crippen LogP contribution in [0.1, 0.15) is 30.2 Å². The van der Waals surface area contributed by atoms with Gasteiger partial charge in [-0.1, -0.05) is 0 Å². The summed E-state index contributed by atoms with van der Waals surface area (Å²) in [5.74, 6) is 0. The molecule has 0 fully saturated rings. The minimum Gasteiger partial charge on any atom is -0.382 e. The number of hydrogen-bond acceptors (Lipinski definition) is 4. The molecule has 2 heterocycles. The van der Waals surface area contributed by atoms with Crippen LogP contribution in [0.2, 0.25) is 0 Å². The minimum absolute atomic E-state index is 0.840. The summed E-state index contributed by atoms with van der Waals surface area (Å²) in [5, 5.41) is 5.76. The third-order valence-corrected chi connectivity index (χ3v) is 4.61. The number of nitrogens with zero attached hydrogens (tertiary/aromatic N) is 1. The maximum absolute atomic E-state index is 5.33. The number of rotatable bonds is 9. The van der Waals surface area contributed by atoms with Gasteiger partial charge in [0.2, 0.25) is 0 Å². The number of hydrogen-bond donors (Lipinski definition) is 1. The van der Waals surface area contributed by atoms with E-state index in [2.05, 4.69) is 28.6 Å². The van der Waals surface area contributed by atoms with Crippen LogP contribution in [0.3, 0.4) is 0 Å². The molecule has 1 N–H and O–H groups in total. The largest absolute Gasteiger partial charge is 0.382 e. The zero-order valence-electron chi connectivity index (χ0n) is 12.0. The van der Waals surface area contributed by atoms with Crippen molar-refractivity contribution in [2.45, 2.75) is 32.7 Å². The first-order valence-corrected chi connectivity index (χ1v) is 8.34. The Balaban J connectivity index is 1.48. The highest BCUT2D eigenvalue weighted by Gasteiger charge is 2.16. The molecule has 0 aromatic carbocycles. The highest BCUT2D eigenvalue weighted by molar-refractivity contribution is 7.10. The first-order valence-electron chi connectivity index (χ1n) is 7.46. The lowest BCUT2D eigenvalue weighted by molar-refractivity contribution is 0.143. The summed E-state index contributed by atoms with van der Waals surface area (Å²) in [7, 11) is 0. The van der Waals surface area contributed by atoms with Gasteiger partial charge in [0, 0.05) is 44.3 Å². The summed E-state index contributed by atoms with van der Waals surface area (Å²) in [6.07, 6.45) is 3.62. The van der Waals surface area contributed by atoms with Gasteiger partial charge in [0.15, 0.2) is 0 Å². The molecule has 0 saturated carbocycles.